The Bertz CT molecular complexity index is 7610. The zero-order chi connectivity index (χ0) is 98.2. The molecule has 0 aliphatic carbocycles. The summed E-state index contributed by atoms with van der Waals surface area (Å²) in [7, 11) is 8.99. The van der Waals surface area contributed by atoms with Crippen LogP contribution >= 0.6 is 23.1 Å². The Hall–Kier alpha value is -18.3. The number of nitrogens with one attached hydrogen (secondary N) is 5. The first kappa shape index (κ1) is 94.9. The van der Waals surface area contributed by atoms with Crippen LogP contribution in [0.1, 0.15) is 56.7 Å². The molecule has 5 amide bonds. The van der Waals surface area contributed by atoms with E-state index in [0.717, 1.165) is 97.8 Å². The SMILES string of the molecule is Cc1cnsc1C(=O)Nc1ccc(-c2cc(-c3ccccc3F)nn2C)cn1.Cn1nc(-c2ccccc2F)cc1-c1ccc(NC(=O)c2c(F)cccc2F)nc1.Cn1nc(-c2ccco2)cc1-c1ccc(NC(=O)c2c(F)cccc2F)nc1.Cn1nc(-c2ccco2)cc1-c1ccc(NC(=O)c2ccccc2Cl)nc1.Cn1nc(-c2ccco2)cc1-c1ccc(NC(=O)c2ccccc2F)nc1. The largest absolute Gasteiger partial charge is 0.463 e. The maximum atomic E-state index is 14.0. The number of carbonyl (C=O) groups excluding carboxylic acids is 5. The standard InChI is InChI=1S/C22H15F3N4O.C20H15ClN4O2.C20H14F2N4O2.C20H16FN5OS.C20H15FN4O2/c1-29-19(11-18(28-29)14-5-2-3-6-15(14)23)13-9-10-20(26-12-13)27-22(30)21-16(24)7-4-8-17(21)25;1-25-17(11-16(24-25)18-7-4-10-27-18)13-8-9-19(22-12-13)23-20(26)14-5-2-3-6-15(14)21;1-26-16(10-15(25-26)17-6-3-9-28-17)12-7-8-18(23-11-12)24-20(27)19-13(21)4-2-5-14(19)22;1-12-10-23-28-19(12)20(27)24-18-8-7-13(11-22-18)17-9-16(25-26(17)2)14-5-3-4-6-15(14)21;1-25-17(11-16(24-25)18-7-4-10-27-18)13-8-9-19(22-12-13)23-20(26)14-5-2-3-6-15(14)21/h2-12H,1H3,(H,26,27,30);2-12H,1H3,(H,22,23,26);2-11H,1H3,(H,23,24,27);3-11H,1-2H3,(H,22,24,27);2-12H,1H3,(H,22,23,26). The lowest BCUT2D eigenvalue weighted by atomic mass is 10.1. The predicted molar refractivity (Wildman–Crippen MR) is 513 cm³/mol. The maximum absolute atomic E-state index is 14.0. The molecule has 29 nitrogen and oxygen atoms in total. The number of anilines is 5. The van der Waals surface area contributed by atoms with E-state index in [1.165, 1.54) is 60.9 Å². The maximum Gasteiger partial charge on any atom is 0.268 e. The molecule has 0 aliphatic rings. The second-order valence-corrected chi connectivity index (χ2v) is 31.7. The summed E-state index contributed by atoms with van der Waals surface area (Å²) in [6.45, 7) is 1.84. The molecule has 20 rings (SSSR count). The highest BCUT2D eigenvalue weighted by molar-refractivity contribution is 7.08. The molecule has 0 saturated carbocycles. The molecule has 0 radical (unpaired) electrons. The van der Waals surface area contributed by atoms with Gasteiger partial charge in [0.05, 0.1) is 74.8 Å². The van der Waals surface area contributed by atoms with Crippen molar-refractivity contribution in [2.45, 2.75) is 6.92 Å². The van der Waals surface area contributed by atoms with Crippen molar-refractivity contribution in [1.29, 1.82) is 0 Å². The quantitative estimate of drug-likeness (QED) is 0.0442. The summed E-state index contributed by atoms with van der Waals surface area (Å²) in [5.74, 6) is -4.45. The van der Waals surface area contributed by atoms with Crippen molar-refractivity contribution in [2.75, 3.05) is 26.6 Å². The first-order chi connectivity index (χ1) is 67.7. The van der Waals surface area contributed by atoms with E-state index >= 15 is 0 Å². The molecule has 0 bridgehead atoms. The summed E-state index contributed by atoms with van der Waals surface area (Å²) in [6.07, 6.45) is 14.4. The van der Waals surface area contributed by atoms with Gasteiger partial charge in [0.25, 0.3) is 29.5 Å². The van der Waals surface area contributed by atoms with Crippen LogP contribution in [0.2, 0.25) is 5.02 Å². The van der Waals surface area contributed by atoms with Crippen molar-refractivity contribution in [3.63, 3.8) is 0 Å². The van der Waals surface area contributed by atoms with Gasteiger partial charge in [0.2, 0.25) is 0 Å². The van der Waals surface area contributed by atoms with Crippen LogP contribution in [0, 0.1) is 47.6 Å². The van der Waals surface area contributed by atoms with Gasteiger partial charge in [-0.25, -0.2) is 60.0 Å². The summed E-state index contributed by atoms with van der Waals surface area (Å²) in [5.41, 5.74) is 11.8. The molecule has 14 heterocycles. The minimum absolute atomic E-state index is 0.0295. The molecular weight excluding hydrogens is 1850 g/mol. The van der Waals surface area contributed by atoms with Crippen molar-refractivity contribution in [1.82, 2.24) is 78.2 Å². The summed E-state index contributed by atoms with van der Waals surface area (Å²) < 4.78 is 125. The average Bonchev–Trinajstić information content (AvgIpc) is 1.66. The van der Waals surface area contributed by atoms with E-state index < -0.39 is 57.9 Å². The first-order valence-electron chi connectivity index (χ1n) is 42.2. The smallest absolute Gasteiger partial charge is 0.268 e. The van der Waals surface area contributed by atoms with Gasteiger partial charge in [0.1, 0.15) is 103 Å². The molecule has 5 N–H and O–H groups in total. The fourth-order valence-corrected chi connectivity index (χ4v) is 15.0. The number of hydrogen-bond acceptors (Lipinski definition) is 20. The minimum atomic E-state index is -0.959. The monoisotopic (exact) mass is 1920 g/mol. The number of carbonyl (C=O) groups is 5. The third-order valence-electron chi connectivity index (χ3n) is 21.1. The molecule has 0 unspecified atom stereocenters. The number of pyridine rings is 5. The Balaban J connectivity index is 0.000000126. The van der Waals surface area contributed by atoms with E-state index in [1.54, 1.807) is 209 Å². The average molecular weight is 1920 g/mol. The van der Waals surface area contributed by atoms with Crippen molar-refractivity contribution >= 4 is 81.8 Å². The number of benzene rings is 6. The van der Waals surface area contributed by atoms with Gasteiger partial charge in [-0.1, -0.05) is 72.3 Å². The number of aromatic nitrogens is 16. The van der Waals surface area contributed by atoms with Crippen LogP contribution in [-0.2, 0) is 35.2 Å². The molecule has 0 aliphatic heterocycles. The summed E-state index contributed by atoms with van der Waals surface area (Å²) in [5, 5.41) is 35.3. The molecule has 6 aromatic carbocycles. The van der Waals surface area contributed by atoms with Gasteiger partial charge in [-0.3, -0.25) is 47.4 Å². The fourth-order valence-electron chi connectivity index (χ4n) is 14.1. The van der Waals surface area contributed by atoms with Crippen LogP contribution in [0.25, 0.3) is 113 Å². The predicted octanol–water partition coefficient (Wildman–Crippen LogP) is 22.2. The molecule has 140 heavy (non-hydrogen) atoms. The molecule has 0 atom stereocenters. The third kappa shape index (κ3) is 22.4. The normalized spacial score (nSPS) is 10.8. The lowest BCUT2D eigenvalue weighted by Crippen LogP contribution is -2.16. The number of aryl methyl sites for hydroxylation is 6. The second kappa shape index (κ2) is 43.0. The highest BCUT2D eigenvalue weighted by Gasteiger charge is 2.25. The molecule has 0 fully saturated rings. The number of amides is 5. The second-order valence-electron chi connectivity index (χ2n) is 30.5. The molecular formula is C102H75ClF7N21O8S. The van der Waals surface area contributed by atoms with Crippen LogP contribution in [-0.4, -0.2) is 108 Å². The molecule has 14 aromatic heterocycles. The number of nitrogens with zero attached hydrogens (tertiary/aromatic N) is 16. The molecule has 20 aromatic rings. The van der Waals surface area contributed by atoms with Gasteiger partial charge >= 0.3 is 0 Å². The van der Waals surface area contributed by atoms with E-state index in [0.29, 0.717) is 89.7 Å². The Morgan fingerprint density at radius 1 is 0.300 bits per heavy atom. The Morgan fingerprint density at radius 3 is 0.886 bits per heavy atom. The van der Waals surface area contributed by atoms with Gasteiger partial charge in [-0.15, -0.1) is 0 Å². The van der Waals surface area contributed by atoms with Crippen LogP contribution in [0.4, 0.5) is 59.8 Å². The Morgan fingerprint density at radius 2 is 0.586 bits per heavy atom. The zero-order valence-corrected chi connectivity index (χ0v) is 75.9. The Labute approximate surface area is 800 Å². The molecule has 0 saturated heterocycles. The minimum Gasteiger partial charge on any atom is -0.463 e. The number of hydrogen-bond donors (Lipinski definition) is 5. The van der Waals surface area contributed by atoms with Gasteiger partial charge in [0, 0.05) is 111 Å². The van der Waals surface area contributed by atoms with E-state index in [1.807, 2.05) is 87.7 Å². The van der Waals surface area contributed by atoms with Crippen molar-refractivity contribution in [3.05, 3.63) is 395 Å². The van der Waals surface area contributed by atoms with Gasteiger partial charge < -0.3 is 39.8 Å². The summed E-state index contributed by atoms with van der Waals surface area (Å²) in [4.78, 5) is 82.8. The Kier molecular flexibility index (Phi) is 29.1. The van der Waals surface area contributed by atoms with Crippen molar-refractivity contribution in [2.24, 2.45) is 35.2 Å². The molecule has 698 valence electrons. The van der Waals surface area contributed by atoms with Crippen molar-refractivity contribution in [3.8, 4) is 113 Å². The summed E-state index contributed by atoms with van der Waals surface area (Å²) >= 11 is 7.20. The van der Waals surface area contributed by atoms with Crippen LogP contribution in [0.5, 0.6) is 0 Å². The van der Waals surface area contributed by atoms with Crippen LogP contribution in [0.3, 0.4) is 0 Å². The number of furan rings is 3. The fraction of sp³-hybridized carbons (Fsp3) is 0.0588. The van der Waals surface area contributed by atoms with Gasteiger partial charge in [-0.05, 0) is 224 Å². The first-order valence-corrected chi connectivity index (χ1v) is 43.4. The topological polar surface area (TPSA) is 351 Å². The van der Waals surface area contributed by atoms with Gasteiger partial charge in [0.15, 0.2) is 17.3 Å². The van der Waals surface area contributed by atoms with Crippen LogP contribution in [0.15, 0.2) is 330 Å². The van der Waals surface area contributed by atoms with Gasteiger partial charge in [-0.2, -0.15) is 25.5 Å². The number of rotatable bonds is 20. The highest BCUT2D eigenvalue weighted by Crippen LogP contribution is 2.35. The lowest BCUT2D eigenvalue weighted by Gasteiger charge is -2.07. The van der Waals surface area contributed by atoms with Crippen molar-refractivity contribution < 1.29 is 68.0 Å². The third-order valence-corrected chi connectivity index (χ3v) is 22.3. The van der Waals surface area contributed by atoms with E-state index in [9.17, 15) is 54.7 Å². The highest BCUT2D eigenvalue weighted by atomic mass is 35.5. The zero-order valence-electron chi connectivity index (χ0n) is 74.4. The lowest BCUT2D eigenvalue weighted by molar-refractivity contribution is 0.101. The summed E-state index contributed by atoms with van der Waals surface area (Å²) in [6, 6.07) is 69.2. The molecule has 0 spiro atoms. The molecule has 38 heteroatoms. The number of halogens is 8. The van der Waals surface area contributed by atoms with E-state index in [-0.39, 0.29) is 40.6 Å². The van der Waals surface area contributed by atoms with E-state index in [2.05, 4.69) is 81.4 Å². The van der Waals surface area contributed by atoms with E-state index in [4.69, 9.17) is 24.9 Å². The van der Waals surface area contributed by atoms with Crippen LogP contribution < -0.4 is 26.6 Å².